The Labute approximate surface area is 106 Å². The van der Waals surface area contributed by atoms with E-state index in [1.165, 1.54) is 0 Å². The molecule has 18 heavy (non-hydrogen) atoms. The molecular formula is C13H8F4S. The van der Waals surface area contributed by atoms with Crippen molar-refractivity contribution in [2.75, 3.05) is 0 Å². The van der Waals surface area contributed by atoms with Gasteiger partial charge in [-0.2, -0.15) is 0 Å². The molecule has 0 unspecified atom stereocenters. The summed E-state index contributed by atoms with van der Waals surface area (Å²) in [5.74, 6) is -5.55. The van der Waals surface area contributed by atoms with E-state index in [2.05, 4.69) is 0 Å². The van der Waals surface area contributed by atoms with Gasteiger partial charge in [-0.05, 0) is 19.1 Å². The van der Waals surface area contributed by atoms with Gasteiger partial charge in [0.1, 0.15) is 0 Å². The molecule has 0 aromatic heterocycles. The van der Waals surface area contributed by atoms with Crippen molar-refractivity contribution >= 4 is 11.8 Å². The maximum absolute atomic E-state index is 13.4. The standard InChI is InChI=1S/C13H8F4S/c1-7-2-4-8(5-3-7)18-13-11(16)9(14)6-10(15)12(13)17/h2-6H,1H3. The zero-order valence-electron chi connectivity index (χ0n) is 9.31. The van der Waals surface area contributed by atoms with Crippen molar-refractivity contribution in [2.24, 2.45) is 0 Å². The monoisotopic (exact) mass is 272 g/mol. The number of hydrogen-bond donors (Lipinski definition) is 0. The highest BCUT2D eigenvalue weighted by molar-refractivity contribution is 7.99. The second-order valence-corrected chi connectivity index (χ2v) is 4.80. The Hall–Kier alpha value is -1.49. The molecule has 0 atom stereocenters. The first kappa shape index (κ1) is 13.0. The van der Waals surface area contributed by atoms with Crippen molar-refractivity contribution in [3.8, 4) is 0 Å². The van der Waals surface area contributed by atoms with Crippen molar-refractivity contribution in [3.05, 3.63) is 59.2 Å². The average molecular weight is 272 g/mol. The average Bonchev–Trinajstić information content (AvgIpc) is 2.34. The highest BCUT2D eigenvalue weighted by atomic mass is 32.2. The van der Waals surface area contributed by atoms with Gasteiger partial charge in [-0.3, -0.25) is 0 Å². The van der Waals surface area contributed by atoms with Crippen molar-refractivity contribution in [2.45, 2.75) is 16.7 Å². The van der Waals surface area contributed by atoms with Gasteiger partial charge in [-0.15, -0.1) is 0 Å². The number of halogens is 4. The molecule has 0 radical (unpaired) electrons. The smallest absolute Gasteiger partial charge is 0.175 e. The predicted octanol–water partition coefficient (Wildman–Crippen LogP) is 4.70. The summed E-state index contributed by atoms with van der Waals surface area (Å²) in [6, 6.07) is 6.94. The molecule has 0 nitrogen and oxygen atoms in total. The molecular weight excluding hydrogens is 264 g/mol. The van der Waals surface area contributed by atoms with Crippen LogP contribution in [0, 0.1) is 30.2 Å². The van der Waals surface area contributed by atoms with Crippen molar-refractivity contribution in [1.82, 2.24) is 0 Å². The SMILES string of the molecule is Cc1ccc(Sc2c(F)c(F)cc(F)c2F)cc1. The van der Waals surface area contributed by atoms with Crippen molar-refractivity contribution in [3.63, 3.8) is 0 Å². The predicted molar refractivity (Wildman–Crippen MR) is 61.6 cm³/mol. The van der Waals surface area contributed by atoms with Crippen LogP contribution >= 0.6 is 11.8 Å². The van der Waals surface area contributed by atoms with E-state index in [4.69, 9.17) is 0 Å². The summed E-state index contributed by atoms with van der Waals surface area (Å²) in [5, 5.41) is 0. The lowest BCUT2D eigenvalue weighted by Gasteiger charge is -2.06. The molecule has 2 rings (SSSR count). The minimum absolute atomic E-state index is 0.198. The number of benzene rings is 2. The van der Waals surface area contributed by atoms with Crippen LogP contribution in [0.4, 0.5) is 17.6 Å². The van der Waals surface area contributed by atoms with Crippen LogP contribution in [0.1, 0.15) is 5.56 Å². The molecule has 5 heteroatoms. The lowest BCUT2D eigenvalue weighted by atomic mass is 10.2. The van der Waals surface area contributed by atoms with E-state index in [1.807, 2.05) is 6.92 Å². The molecule has 0 aliphatic heterocycles. The van der Waals surface area contributed by atoms with Crippen LogP contribution in [-0.2, 0) is 0 Å². The van der Waals surface area contributed by atoms with Gasteiger partial charge >= 0.3 is 0 Å². The molecule has 0 amide bonds. The lowest BCUT2D eigenvalue weighted by molar-refractivity contribution is 0.426. The van der Waals surface area contributed by atoms with E-state index in [-0.39, 0.29) is 6.07 Å². The van der Waals surface area contributed by atoms with Crippen LogP contribution in [0.2, 0.25) is 0 Å². The summed E-state index contributed by atoms with van der Waals surface area (Å²) in [6.45, 7) is 1.86. The summed E-state index contributed by atoms with van der Waals surface area (Å²) in [7, 11) is 0. The molecule has 0 saturated carbocycles. The first-order valence-electron chi connectivity index (χ1n) is 5.06. The van der Waals surface area contributed by atoms with Crippen molar-refractivity contribution in [1.29, 1.82) is 0 Å². The van der Waals surface area contributed by atoms with Crippen LogP contribution in [0.5, 0.6) is 0 Å². The van der Waals surface area contributed by atoms with Gasteiger partial charge in [-0.25, -0.2) is 17.6 Å². The van der Waals surface area contributed by atoms with Gasteiger partial charge in [0.2, 0.25) is 0 Å². The summed E-state index contributed by atoms with van der Waals surface area (Å²) < 4.78 is 52.8. The van der Waals surface area contributed by atoms with Crippen LogP contribution in [0.15, 0.2) is 40.1 Å². The number of aryl methyl sites for hydroxylation is 1. The lowest BCUT2D eigenvalue weighted by Crippen LogP contribution is -1.97. The molecule has 0 aliphatic rings. The fourth-order valence-electron chi connectivity index (χ4n) is 1.37. The summed E-state index contributed by atoms with van der Waals surface area (Å²) in [6.07, 6.45) is 0. The maximum atomic E-state index is 13.4. The Morgan fingerprint density at radius 3 is 1.83 bits per heavy atom. The quantitative estimate of drug-likeness (QED) is 0.564. The number of rotatable bonds is 2. The van der Waals surface area contributed by atoms with Crippen molar-refractivity contribution < 1.29 is 17.6 Å². The fraction of sp³-hybridized carbons (Fsp3) is 0.0769. The molecule has 94 valence electrons. The first-order valence-corrected chi connectivity index (χ1v) is 5.88. The Morgan fingerprint density at radius 1 is 0.833 bits per heavy atom. The zero-order chi connectivity index (χ0) is 13.3. The summed E-state index contributed by atoms with van der Waals surface area (Å²) in [4.78, 5) is -0.167. The van der Waals surface area contributed by atoms with E-state index in [0.29, 0.717) is 16.7 Å². The van der Waals surface area contributed by atoms with Gasteiger partial charge in [0.05, 0.1) is 4.90 Å². The normalized spacial score (nSPS) is 10.7. The minimum atomic E-state index is -1.40. The molecule has 0 N–H and O–H groups in total. The first-order chi connectivity index (χ1) is 8.49. The highest BCUT2D eigenvalue weighted by Crippen LogP contribution is 2.34. The second kappa shape index (κ2) is 5.02. The molecule has 0 spiro atoms. The molecule has 0 bridgehead atoms. The summed E-state index contributed by atoms with van der Waals surface area (Å²) >= 11 is 0.648. The number of hydrogen-bond acceptors (Lipinski definition) is 1. The van der Waals surface area contributed by atoms with E-state index in [9.17, 15) is 17.6 Å². The van der Waals surface area contributed by atoms with Crippen LogP contribution in [0.25, 0.3) is 0 Å². The minimum Gasteiger partial charge on any atom is -0.204 e. The van der Waals surface area contributed by atoms with E-state index >= 15 is 0 Å². The van der Waals surface area contributed by atoms with Gasteiger partial charge < -0.3 is 0 Å². The largest absolute Gasteiger partial charge is 0.204 e. The maximum Gasteiger partial charge on any atom is 0.175 e. The third-order valence-electron chi connectivity index (χ3n) is 2.31. The molecule has 0 heterocycles. The molecule has 0 fully saturated rings. The van der Waals surface area contributed by atoms with Gasteiger partial charge in [-0.1, -0.05) is 29.5 Å². The van der Waals surface area contributed by atoms with E-state index in [1.54, 1.807) is 24.3 Å². The van der Waals surface area contributed by atoms with Crippen LogP contribution < -0.4 is 0 Å². The topological polar surface area (TPSA) is 0 Å². The fourth-order valence-corrected chi connectivity index (χ4v) is 2.25. The third-order valence-corrected chi connectivity index (χ3v) is 3.38. The summed E-state index contributed by atoms with van der Waals surface area (Å²) in [5.41, 5.74) is 0.978. The second-order valence-electron chi connectivity index (χ2n) is 3.71. The Kier molecular flexibility index (Phi) is 3.61. The molecule has 0 aliphatic carbocycles. The van der Waals surface area contributed by atoms with Crippen LogP contribution in [0.3, 0.4) is 0 Å². The Balaban J connectivity index is 2.42. The highest BCUT2D eigenvalue weighted by Gasteiger charge is 2.19. The van der Waals surface area contributed by atoms with E-state index in [0.717, 1.165) is 5.56 Å². The van der Waals surface area contributed by atoms with E-state index < -0.39 is 28.2 Å². The van der Waals surface area contributed by atoms with Gasteiger partial charge in [0.25, 0.3) is 0 Å². The molecule has 0 saturated heterocycles. The van der Waals surface area contributed by atoms with Gasteiger partial charge in [0.15, 0.2) is 23.3 Å². The third kappa shape index (κ3) is 2.51. The molecule has 2 aromatic carbocycles. The Morgan fingerprint density at radius 2 is 1.33 bits per heavy atom. The van der Waals surface area contributed by atoms with Gasteiger partial charge in [0, 0.05) is 11.0 Å². The zero-order valence-corrected chi connectivity index (χ0v) is 10.1. The Bertz CT molecular complexity index is 552. The molecule has 2 aromatic rings. The van der Waals surface area contributed by atoms with Crippen LogP contribution in [-0.4, -0.2) is 0 Å².